The van der Waals surface area contributed by atoms with Crippen LogP contribution in [0.5, 0.6) is 5.75 Å². The van der Waals surface area contributed by atoms with Gasteiger partial charge >= 0.3 is 5.97 Å². The number of thioether (sulfide) groups is 1. The van der Waals surface area contributed by atoms with E-state index in [0.29, 0.717) is 12.4 Å². The Hall–Kier alpha value is -1.94. The van der Waals surface area contributed by atoms with Crippen LogP contribution in [0.2, 0.25) is 0 Å². The predicted octanol–water partition coefficient (Wildman–Crippen LogP) is 3.75. The molecule has 0 spiro atoms. The average molecular weight is 288 g/mol. The first-order valence-electron chi connectivity index (χ1n) is 6.39. The zero-order valence-corrected chi connectivity index (χ0v) is 12.0. The molecule has 1 atom stereocenters. The number of ether oxygens (including phenoxy) is 2. The van der Waals surface area contributed by atoms with Crippen LogP contribution in [0.15, 0.2) is 65.6 Å². The number of hydrogen-bond donors (Lipinski definition) is 0. The van der Waals surface area contributed by atoms with E-state index in [9.17, 15) is 4.79 Å². The van der Waals surface area contributed by atoms with Crippen molar-refractivity contribution in [3.05, 3.63) is 60.7 Å². The molecule has 0 radical (unpaired) electrons. The molecule has 1 unspecified atom stereocenters. The number of hydrogen-bond acceptors (Lipinski definition) is 4. The molecule has 3 nitrogen and oxygen atoms in total. The van der Waals surface area contributed by atoms with Crippen molar-refractivity contribution < 1.29 is 14.3 Å². The van der Waals surface area contributed by atoms with Crippen molar-refractivity contribution in [2.45, 2.75) is 17.3 Å². The van der Waals surface area contributed by atoms with E-state index >= 15 is 0 Å². The quantitative estimate of drug-likeness (QED) is 0.461. The lowest BCUT2D eigenvalue weighted by molar-refractivity contribution is -0.147. The van der Waals surface area contributed by atoms with Crippen molar-refractivity contribution in [2.24, 2.45) is 0 Å². The van der Waals surface area contributed by atoms with Gasteiger partial charge in [0, 0.05) is 4.90 Å². The third kappa shape index (κ3) is 4.31. The van der Waals surface area contributed by atoms with Crippen LogP contribution in [0.3, 0.4) is 0 Å². The molecule has 2 aromatic rings. The van der Waals surface area contributed by atoms with E-state index in [0.717, 1.165) is 4.90 Å². The highest BCUT2D eigenvalue weighted by Gasteiger charge is 2.23. The van der Waals surface area contributed by atoms with Crippen LogP contribution in [0, 0.1) is 0 Å². The van der Waals surface area contributed by atoms with Gasteiger partial charge in [-0.1, -0.05) is 48.2 Å². The summed E-state index contributed by atoms with van der Waals surface area (Å²) in [6.45, 7) is 2.12. The molecule has 0 bridgehead atoms. The largest absolute Gasteiger partial charge is 0.468 e. The monoisotopic (exact) mass is 288 g/mol. The van der Waals surface area contributed by atoms with Gasteiger partial charge in [0.2, 0.25) is 5.44 Å². The van der Waals surface area contributed by atoms with Crippen molar-refractivity contribution in [1.29, 1.82) is 0 Å². The summed E-state index contributed by atoms with van der Waals surface area (Å²) >= 11 is 1.33. The molecule has 0 saturated carbocycles. The Kier molecular flexibility index (Phi) is 5.50. The summed E-state index contributed by atoms with van der Waals surface area (Å²) < 4.78 is 10.8. The van der Waals surface area contributed by atoms with E-state index in [1.165, 1.54) is 11.8 Å². The molecule has 0 aliphatic carbocycles. The van der Waals surface area contributed by atoms with Gasteiger partial charge in [0.05, 0.1) is 6.61 Å². The van der Waals surface area contributed by atoms with Crippen molar-refractivity contribution >= 4 is 17.7 Å². The van der Waals surface area contributed by atoms with Crippen LogP contribution < -0.4 is 4.74 Å². The van der Waals surface area contributed by atoms with Crippen LogP contribution in [-0.4, -0.2) is 18.0 Å². The summed E-state index contributed by atoms with van der Waals surface area (Å²) in [6.07, 6.45) is 0. The smallest absolute Gasteiger partial charge is 0.358 e. The van der Waals surface area contributed by atoms with Crippen molar-refractivity contribution in [1.82, 2.24) is 0 Å². The zero-order valence-electron chi connectivity index (χ0n) is 11.2. The second-order valence-corrected chi connectivity index (χ2v) is 5.08. The van der Waals surface area contributed by atoms with Gasteiger partial charge in [-0.25, -0.2) is 4.79 Å². The van der Waals surface area contributed by atoms with Crippen LogP contribution in [-0.2, 0) is 9.53 Å². The third-order valence-electron chi connectivity index (χ3n) is 2.45. The molecule has 0 aromatic heterocycles. The van der Waals surface area contributed by atoms with Gasteiger partial charge in [0.15, 0.2) is 0 Å². The molecule has 0 aliphatic rings. The van der Waals surface area contributed by atoms with E-state index in [4.69, 9.17) is 9.47 Å². The molecule has 2 rings (SSSR count). The molecular weight excluding hydrogens is 272 g/mol. The summed E-state index contributed by atoms with van der Waals surface area (Å²) in [5, 5.41) is 0. The molecular formula is C16H16O3S. The highest BCUT2D eigenvalue weighted by molar-refractivity contribution is 8.00. The number of rotatable bonds is 6. The summed E-state index contributed by atoms with van der Waals surface area (Å²) in [6, 6.07) is 18.9. The first-order valence-corrected chi connectivity index (χ1v) is 7.27. The second kappa shape index (κ2) is 7.60. The molecule has 0 fully saturated rings. The first-order chi connectivity index (χ1) is 9.79. The lowest BCUT2D eigenvalue weighted by Gasteiger charge is -2.17. The fraction of sp³-hybridized carbons (Fsp3) is 0.188. The lowest BCUT2D eigenvalue weighted by atomic mass is 10.3. The molecule has 0 saturated heterocycles. The van der Waals surface area contributed by atoms with Gasteiger partial charge in [-0.3, -0.25) is 0 Å². The first kappa shape index (κ1) is 14.5. The van der Waals surface area contributed by atoms with Gasteiger partial charge in [0.1, 0.15) is 5.75 Å². The standard InChI is InChI=1S/C16H16O3S/c1-2-18-15(17)16(19-13-9-5-3-6-10-13)20-14-11-7-4-8-12-14/h3-12,16H,2H2,1H3. The Morgan fingerprint density at radius 2 is 1.65 bits per heavy atom. The maximum absolute atomic E-state index is 12.0. The Bertz CT molecular complexity index is 486. The summed E-state index contributed by atoms with van der Waals surface area (Å²) in [4.78, 5) is 12.9. The maximum atomic E-state index is 12.0. The number of esters is 1. The molecule has 2 aromatic carbocycles. The molecule has 0 N–H and O–H groups in total. The molecule has 4 heteroatoms. The Morgan fingerprint density at radius 1 is 1.05 bits per heavy atom. The molecule has 0 heterocycles. The van der Waals surface area contributed by atoms with Crippen molar-refractivity contribution in [2.75, 3.05) is 6.61 Å². The minimum absolute atomic E-state index is 0.336. The van der Waals surface area contributed by atoms with Gasteiger partial charge < -0.3 is 9.47 Å². The van der Waals surface area contributed by atoms with Gasteiger partial charge in [-0.05, 0) is 31.2 Å². The number of carbonyl (C=O) groups is 1. The van der Waals surface area contributed by atoms with Gasteiger partial charge in [-0.2, -0.15) is 0 Å². The summed E-state index contributed by atoms with van der Waals surface area (Å²) in [5.74, 6) is 0.277. The van der Waals surface area contributed by atoms with E-state index in [1.54, 1.807) is 6.92 Å². The molecule has 20 heavy (non-hydrogen) atoms. The molecule has 0 aliphatic heterocycles. The second-order valence-electron chi connectivity index (χ2n) is 3.95. The Labute approximate surface area is 122 Å². The molecule has 104 valence electrons. The SMILES string of the molecule is CCOC(=O)C(Oc1ccccc1)Sc1ccccc1. The predicted molar refractivity (Wildman–Crippen MR) is 79.8 cm³/mol. The van der Waals surface area contributed by atoms with Crippen LogP contribution in [0.25, 0.3) is 0 Å². The Balaban J connectivity index is 2.10. The Morgan fingerprint density at radius 3 is 2.25 bits per heavy atom. The topological polar surface area (TPSA) is 35.5 Å². The normalized spacial score (nSPS) is 11.7. The lowest BCUT2D eigenvalue weighted by Crippen LogP contribution is -2.26. The minimum Gasteiger partial charge on any atom is -0.468 e. The van der Waals surface area contributed by atoms with Crippen molar-refractivity contribution in [3.63, 3.8) is 0 Å². The zero-order chi connectivity index (χ0) is 14.2. The highest BCUT2D eigenvalue weighted by Crippen LogP contribution is 2.26. The number of carbonyl (C=O) groups excluding carboxylic acids is 1. The van der Waals surface area contributed by atoms with Gasteiger partial charge in [0.25, 0.3) is 0 Å². The fourth-order valence-electron chi connectivity index (χ4n) is 1.58. The van der Waals surface area contributed by atoms with E-state index in [1.807, 2.05) is 60.7 Å². The van der Waals surface area contributed by atoms with E-state index in [2.05, 4.69) is 0 Å². The van der Waals surface area contributed by atoms with Crippen molar-refractivity contribution in [3.8, 4) is 5.75 Å². The summed E-state index contributed by atoms with van der Waals surface area (Å²) in [5.41, 5.74) is -0.709. The fourth-order valence-corrected chi connectivity index (χ4v) is 2.46. The van der Waals surface area contributed by atoms with E-state index in [-0.39, 0.29) is 5.97 Å². The van der Waals surface area contributed by atoms with E-state index < -0.39 is 5.44 Å². The highest BCUT2D eigenvalue weighted by atomic mass is 32.2. The maximum Gasteiger partial charge on any atom is 0.358 e. The van der Waals surface area contributed by atoms with Crippen LogP contribution in [0.4, 0.5) is 0 Å². The van der Waals surface area contributed by atoms with Gasteiger partial charge in [-0.15, -0.1) is 0 Å². The molecule has 0 amide bonds. The number of para-hydroxylation sites is 1. The third-order valence-corrected chi connectivity index (χ3v) is 3.50. The average Bonchev–Trinajstić information content (AvgIpc) is 2.49. The number of benzene rings is 2. The minimum atomic E-state index is -0.709. The van der Waals surface area contributed by atoms with Crippen LogP contribution >= 0.6 is 11.8 Å². The van der Waals surface area contributed by atoms with Crippen LogP contribution in [0.1, 0.15) is 6.92 Å². The summed E-state index contributed by atoms with van der Waals surface area (Å²) in [7, 11) is 0.